The highest BCUT2D eigenvalue weighted by Gasteiger charge is 2.17. The lowest BCUT2D eigenvalue weighted by molar-refractivity contribution is 0.593. The summed E-state index contributed by atoms with van der Waals surface area (Å²) in [5.41, 5.74) is 0. The third-order valence-corrected chi connectivity index (χ3v) is 3.32. The summed E-state index contributed by atoms with van der Waals surface area (Å²) in [6, 6.07) is 0.918. The van der Waals surface area contributed by atoms with Gasteiger partial charge in [0.15, 0.2) is 0 Å². The van der Waals surface area contributed by atoms with Crippen LogP contribution in [0.15, 0.2) is 4.99 Å². The third kappa shape index (κ3) is 2.59. The zero-order valence-electron chi connectivity index (χ0n) is 10.4. The van der Waals surface area contributed by atoms with Gasteiger partial charge >= 0.3 is 0 Å². The van der Waals surface area contributed by atoms with Crippen molar-refractivity contribution in [2.75, 3.05) is 11.9 Å². The Hall–Kier alpha value is -0.840. The standard InChI is InChI=1S/C10H20N4S/c1-7(2)14(8(3)4)10-12-13(6)9(11-5)15-10/h7-8H,1-6H3. The van der Waals surface area contributed by atoms with E-state index >= 15 is 0 Å². The third-order valence-electron chi connectivity index (χ3n) is 2.22. The average Bonchev–Trinajstić information content (AvgIpc) is 2.45. The van der Waals surface area contributed by atoms with Crippen LogP contribution in [0.25, 0.3) is 0 Å². The van der Waals surface area contributed by atoms with Crippen molar-refractivity contribution >= 4 is 16.5 Å². The highest BCUT2D eigenvalue weighted by molar-refractivity contribution is 7.12. The molecule has 4 nitrogen and oxygen atoms in total. The van der Waals surface area contributed by atoms with Crippen LogP contribution in [-0.2, 0) is 7.05 Å². The summed E-state index contributed by atoms with van der Waals surface area (Å²) in [7, 11) is 3.73. The molecule has 0 spiro atoms. The highest BCUT2D eigenvalue weighted by Crippen LogP contribution is 2.19. The molecule has 0 aromatic carbocycles. The van der Waals surface area contributed by atoms with Crippen LogP contribution in [-0.4, -0.2) is 28.9 Å². The molecule has 1 heterocycles. The van der Waals surface area contributed by atoms with Crippen LogP contribution in [0.4, 0.5) is 5.13 Å². The zero-order valence-corrected chi connectivity index (χ0v) is 11.2. The first-order valence-electron chi connectivity index (χ1n) is 5.22. The quantitative estimate of drug-likeness (QED) is 0.788. The topological polar surface area (TPSA) is 33.4 Å². The first-order valence-corrected chi connectivity index (χ1v) is 6.04. The molecular formula is C10H20N4S. The molecule has 15 heavy (non-hydrogen) atoms. The van der Waals surface area contributed by atoms with Crippen LogP contribution >= 0.6 is 11.3 Å². The van der Waals surface area contributed by atoms with Crippen molar-refractivity contribution in [2.45, 2.75) is 39.8 Å². The van der Waals surface area contributed by atoms with Crippen LogP contribution in [0.5, 0.6) is 0 Å². The van der Waals surface area contributed by atoms with Gasteiger partial charge < -0.3 is 4.90 Å². The van der Waals surface area contributed by atoms with Crippen molar-refractivity contribution in [1.29, 1.82) is 0 Å². The molecule has 0 aliphatic heterocycles. The SMILES string of the molecule is CN=c1sc(N(C(C)C)C(C)C)nn1C. The summed E-state index contributed by atoms with van der Waals surface area (Å²) in [6.45, 7) is 8.74. The molecule has 0 aliphatic carbocycles. The number of hydrogen-bond donors (Lipinski definition) is 0. The maximum atomic E-state index is 4.49. The number of hydrogen-bond acceptors (Lipinski definition) is 4. The van der Waals surface area contributed by atoms with E-state index in [1.54, 1.807) is 18.4 Å². The fourth-order valence-electron chi connectivity index (χ4n) is 1.67. The Morgan fingerprint density at radius 2 is 1.80 bits per heavy atom. The Morgan fingerprint density at radius 3 is 2.13 bits per heavy atom. The molecule has 0 bridgehead atoms. The van der Waals surface area contributed by atoms with E-state index in [1.165, 1.54) is 0 Å². The maximum Gasteiger partial charge on any atom is 0.208 e. The smallest absolute Gasteiger partial charge is 0.208 e. The monoisotopic (exact) mass is 228 g/mol. The van der Waals surface area contributed by atoms with Crippen LogP contribution in [0.3, 0.4) is 0 Å². The average molecular weight is 228 g/mol. The number of nitrogens with zero attached hydrogens (tertiary/aromatic N) is 4. The molecule has 86 valence electrons. The van der Waals surface area contributed by atoms with Gasteiger partial charge in [0.2, 0.25) is 9.93 Å². The van der Waals surface area contributed by atoms with E-state index < -0.39 is 0 Å². The summed E-state index contributed by atoms with van der Waals surface area (Å²) in [5, 5.41) is 5.54. The fraction of sp³-hybridized carbons (Fsp3) is 0.800. The molecule has 0 unspecified atom stereocenters. The Kier molecular flexibility index (Phi) is 3.90. The molecule has 0 atom stereocenters. The Morgan fingerprint density at radius 1 is 1.27 bits per heavy atom. The molecule has 0 aliphatic rings. The van der Waals surface area contributed by atoms with Crippen molar-refractivity contribution in [3.05, 3.63) is 4.80 Å². The van der Waals surface area contributed by atoms with E-state index in [-0.39, 0.29) is 0 Å². The van der Waals surface area contributed by atoms with Crippen molar-refractivity contribution in [1.82, 2.24) is 9.78 Å². The lowest BCUT2D eigenvalue weighted by atomic mass is 10.2. The lowest BCUT2D eigenvalue weighted by Crippen LogP contribution is -2.37. The van der Waals surface area contributed by atoms with Crippen molar-refractivity contribution in [3.63, 3.8) is 0 Å². The summed E-state index contributed by atoms with van der Waals surface area (Å²) >= 11 is 1.64. The Balaban J connectivity index is 3.13. The molecule has 0 radical (unpaired) electrons. The van der Waals surface area contributed by atoms with Crippen molar-refractivity contribution in [3.8, 4) is 0 Å². The van der Waals surface area contributed by atoms with E-state index in [9.17, 15) is 0 Å². The second-order valence-electron chi connectivity index (χ2n) is 4.11. The molecule has 1 rings (SSSR count). The summed E-state index contributed by atoms with van der Waals surface area (Å²) < 4.78 is 1.83. The minimum absolute atomic E-state index is 0.459. The second kappa shape index (κ2) is 4.79. The van der Waals surface area contributed by atoms with Gasteiger partial charge in [-0.3, -0.25) is 4.99 Å². The van der Waals surface area contributed by atoms with Crippen LogP contribution in [0.2, 0.25) is 0 Å². The van der Waals surface area contributed by atoms with Gasteiger partial charge in [-0.1, -0.05) is 11.3 Å². The molecule has 0 fully saturated rings. The maximum absolute atomic E-state index is 4.49. The summed E-state index contributed by atoms with van der Waals surface area (Å²) in [5.74, 6) is 0. The van der Waals surface area contributed by atoms with E-state index in [2.05, 4.69) is 42.7 Å². The predicted octanol–water partition coefficient (Wildman–Crippen LogP) is 1.64. The van der Waals surface area contributed by atoms with E-state index in [1.807, 2.05) is 11.7 Å². The summed E-state index contributed by atoms with van der Waals surface area (Å²) in [4.78, 5) is 7.44. The van der Waals surface area contributed by atoms with E-state index in [4.69, 9.17) is 0 Å². The molecule has 0 saturated carbocycles. The molecule has 1 aromatic rings. The number of aryl methyl sites for hydroxylation is 1. The Labute approximate surface area is 95.3 Å². The normalized spacial score (nSPS) is 12.9. The Bertz CT molecular complexity index is 367. The van der Waals surface area contributed by atoms with Gasteiger partial charge in [0.1, 0.15) is 0 Å². The number of aromatic nitrogens is 2. The van der Waals surface area contributed by atoms with Crippen molar-refractivity contribution in [2.24, 2.45) is 12.0 Å². The first kappa shape index (κ1) is 12.2. The fourth-order valence-corrected chi connectivity index (χ4v) is 2.79. The van der Waals surface area contributed by atoms with Gasteiger partial charge in [-0.15, -0.1) is 5.10 Å². The van der Waals surface area contributed by atoms with E-state index in [0.717, 1.165) is 9.93 Å². The predicted molar refractivity (Wildman–Crippen MR) is 65.3 cm³/mol. The largest absolute Gasteiger partial charge is 0.342 e. The van der Waals surface area contributed by atoms with Crippen molar-refractivity contribution < 1.29 is 0 Å². The first-order chi connectivity index (χ1) is 6.97. The van der Waals surface area contributed by atoms with Gasteiger partial charge in [-0.2, -0.15) is 0 Å². The number of anilines is 1. The van der Waals surface area contributed by atoms with Crippen LogP contribution < -0.4 is 9.70 Å². The second-order valence-corrected chi connectivity index (χ2v) is 5.04. The van der Waals surface area contributed by atoms with Gasteiger partial charge in [0.05, 0.1) is 0 Å². The number of rotatable bonds is 3. The van der Waals surface area contributed by atoms with Gasteiger partial charge in [0.25, 0.3) is 0 Å². The van der Waals surface area contributed by atoms with Crippen LogP contribution in [0, 0.1) is 0 Å². The molecule has 1 aromatic heterocycles. The van der Waals surface area contributed by atoms with Gasteiger partial charge in [-0.25, -0.2) is 4.68 Å². The highest BCUT2D eigenvalue weighted by atomic mass is 32.1. The molecule has 0 N–H and O–H groups in total. The van der Waals surface area contributed by atoms with E-state index in [0.29, 0.717) is 12.1 Å². The minimum Gasteiger partial charge on any atom is -0.342 e. The summed E-state index contributed by atoms with van der Waals surface area (Å²) in [6.07, 6.45) is 0. The molecular weight excluding hydrogens is 208 g/mol. The molecule has 0 saturated heterocycles. The molecule has 0 amide bonds. The minimum atomic E-state index is 0.459. The zero-order chi connectivity index (χ0) is 11.6. The lowest BCUT2D eigenvalue weighted by Gasteiger charge is -2.29. The van der Waals surface area contributed by atoms with Crippen LogP contribution in [0.1, 0.15) is 27.7 Å². The molecule has 5 heteroatoms. The van der Waals surface area contributed by atoms with Gasteiger partial charge in [-0.05, 0) is 27.7 Å². The van der Waals surface area contributed by atoms with Gasteiger partial charge in [0, 0.05) is 26.2 Å².